The summed E-state index contributed by atoms with van der Waals surface area (Å²) >= 11 is 0. The predicted octanol–water partition coefficient (Wildman–Crippen LogP) is 3.76. The Morgan fingerprint density at radius 3 is 2.57 bits per heavy atom. The van der Waals surface area contributed by atoms with Crippen LogP contribution in [0.2, 0.25) is 0 Å². The van der Waals surface area contributed by atoms with E-state index in [0.717, 1.165) is 5.56 Å². The summed E-state index contributed by atoms with van der Waals surface area (Å²) in [4.78, 5) is 20.2. The van der Waals surface area contributed by atoms with Crippen molar-refractivity contribution in [1.29, 1.82) is 0 Å². The van der Waals surface area contributed by atoms with E-state index in [1.54, 1.807) is 25.1 Å². The molecule has 0 spiro atoms. The average molecular weight is 481 g/mol. The monoisotopic (exact) mass is 481 g/mol. The Kier molecular flexibility index (Phi) is 6.92. The van der Waals surface area contributed by atoms with Crippen molar-refractivity contribution in [2.75, 3.05) is 17.2 Å². The number of alkyl halides is 2. The molecule has 0 saturated carbocycles. The SMILES string of the molecule is Cc1cc(Nc2ncc(-c3nnc(C(F)F)o3)c(N[C@H](CO)c3ccccc3)n2)ccc1C(N)=O. The Labute approximate surface area is 198 Å². The molecule has 180 valence electrons. The molecule has 0 aliphatic carbocycles. The molecule has 12 heteroatoms. The molecule has 0 aliphatic rings. The third-order valence-electron chi connectivity index (χ3n) is 5.09. The lowest BCUT2D eigenvalue weighted by molar-refractivity contribution is 0.0999. The van der Waals surface area contributed by atoms with Gasteiger partial charge in [-0.25, -0.2) is 4.98 Å². The van der Waals surface area contributed by atoms with Crippen LogP contribution >= 0.6 is 0 Å². The highest BCUT2D eigenvalue weighted by molar-refractivity contribution is 5.94. The Morgan fingerprint density at radius 2 is 1.94 bits per heavy atom. The fourth-order valence-electron chi connectivity index (χ4n) is 3.37. The molecule has 4 aromatic rings. The second-order valence-corrected chi connectivity index (χ2v) is 7.51. The van der Waals surface area contributed by atoms with Crippen LogP contribution in [0.5, 0.6) is 0 Å². The summed E-state index contributed by atoms with van der Waals surface area (Å²) in [6.45, 7) is 1.46. The number of hydrogen-bond acceptors (Lipinski definition) is 9. The number of nitrogens with two attached hydrogens (primary N) is 1. The molecule has 0 bridgehead atoms. The van der Waals surface area contributed by atoms with Crippen LogP contribution < -0.4 is 16.4 Å². The number of aliphatic hydroxyl groups is 1. The van der Waals surface area contributed by atoms with Crippen LogP contribution in [0.25, 0.3) is 11.5 Å². The van der Waals surface area contributed by atoms with Crippen LogP contribution in [-0.2, 0) is 0 Å². The third-order valence-corrected chi connectivity index (χ3v) is 5.09. The van der Waals surface area contributed by atoms with Crippen LogP contribution in [0.3, 0.4) is 0 Å². The molecule has 0 fully saturated rings. The number of benzene rings is 2. The van der Waals surface area contributed by atoms with Gasteiger partial charge in [-0.2, -0.15) is 13.8 Å². The summed E-state index contributed by atoms with van der Waals surface area (Å²) in [5.74, 6) is -1.26. The van der Waals surface area contributed by atoms with E-state index in [1.165, 1.54) is 6.20 Å². The quantitative estimate of drug-likeness (QED) is 0.280. The van der Waals surface area contributed by atoms with Gasteiger partial charge in [-0.1, -0.05) is 30.3 Å². The summed E-state index contributed by atoms with van der Waals surface area (Å²) in [5.41, 5.74) is 7.93. The number of nitrogens with one attached hydrogen (secondary N) is 2. The maximum atomic E-state index is 13.0. The predicted molar refractivity (Wildman–Crippen MR) is 123 cm³/mol. The molecule has 1 atom stereocenters. The standard InChI is InChI=1S/C23H21F2N7O3/c1-12-9-14(7-8-15(12)19(26)34)28-23-27-10-16(21-31-32-22(35-21)18(24)25)20(30-23)29-17(11-33)13-5-3-2-4-6-13/h2-10,17-18,33H,11H2,1H3,(H2,26,34)(H2,27,28,29,30)/t17-/m1/s1. The molecule has 4 rings (SSSR count). The molecule has 10 nitrogen and oxygen atoms in total. The van der Waals surface area contributed by atoms with Gasteiger partial charge in [-0.3, -0.25) is 4.79 Å². The number of primary amides is 1. The molecule has 35 heavy (non-hydrogen) atoms. The lowest BCUT2D eigenvalue weighted by Crippen LogP contribution is -2.17. The van der Waals surface area contributed by atoms with Crippen molar-refractivity contribution in [3.63, 3.8) is 0 Å². The first-order valence-corrected chi connectivity index (χ1v) is 10.4. The first kappa shape index (κ1) is 23.7. The first-order chi connectivity index (χ1) is 16.9. The molecule has 5 N–H and O–H groups in total. The minimum atomic E-state index is -2.93. The van der Waals surface area contributed by atoms with Gasteiger partial charge in [0.1, 0.15) is 5.82 Å². The zero-order valence-corrected chi connectivity index (χ0v) is 18.4. The van der Waals surface area contributed by atoms with Crippen LogP contribution in [-0.4, -0.2) is 37.8 Å². The Balaban J connectivity index is 1.70. The van der Waals surface area contributed by atoms with Gasteiger partial charge >= 0.3 is 6.43 Å². The molecule has 1 amide bonds. The van der Waals surface area contributed by atoms with Gasteiger partial charge in [0.25, 0.3) is 11.8 Å². The number of halogens is 2. The summed E-state index contributed by atoms with van der Waals surface area (Å²) in [6.07, 6.45) is -1.60. The van der Waals surface area contributed by atoms with Gasteiger partial charge in [0, 0.05) is 17.4 Å². The first-order valence-electron chi connectivity index (χ1n) is 10.4. The van der Waals surface area contributed by atoms with Crippen LogP contribution in [0, 0.1) is 6.92 Å². The number of nitrogens with zero attached hydrogens (tertiary/aromatic N) is 4. The molecule has 0 radical (unpaired) electrons. The van der Waals surface area contributed by atoms with Gasteiger partial charge in [-0.05, 0) is 36.2 Å². The Hall–Kier alpha value is -4.45. The highest BCUT2D eigenvalue weighted by atomic mass is 19.3. The zero-order chi connectivity index (χ0) is 24.9. The van der Waals surface area contributed by atoms with E-state index in [-0.39, 0.29) is 29.8 Å². The van der Waals surface area contributed by atoms with Crippen molar-refractivity contribution >= 4 is 23.4 Å². The van der Waals surface area contributed by atoms with Crippen LogP contribution in [0.1, 0.15) is 39.8 Å². The van der Waals surface area contributed by atoms with E-state index in [0.29, 0.717) is 16.8 Å². The second kappa shape index (κ2) is 10.2. The van der Waals surface area contributed by atoms with Crippen LogP contribution in [0.4, 0.5) is 26.2 Å². The Bertz CT molecular complexity index is 1330. The highest BCUT2D eigenvalue weighted by Crippen LogP contribution is 2.31. The zero-order valence-electron chi connectivity index (χ0n) is 18.4. The Morgan fingerprint density at radius 1 is 1.17 bits per heavy atom. The maximum absolute atomic E-state index is 13.0. The average Bonchev–Trinajstić information content (AvgIpc) is 3.33. The number of carbonyl (C=O) groups excluding carboxylic acids is 1. The summed E-state index contributed by atoms with van der Waals surface area (Å²) < 4.78 is 31.1. The van der Waals surface area contributed by atoms with Crippen molar-refractivity contribution in [3.05, 3.63) is 77.3 Å². The number of hydrogen-bond donors (Lipinski definition) is 4. The van der Waals surface area contributed by atoms with Gasteiger partial charge in [-0.15, -0.1) is 10.2 Å². The van der Waals surface area contributed by atoms with E-state index in [2.05, 4.69) is 30.8 Å². The van der Waals surface area contributed by atoms with E-state index < -0.39 is 24.3 Å². The second-order valence-electron chi connectivity index (χ2n) is 7.51. The largest absolute Gasteiger partial charge is 0.415 e. The van der Waals surface area contributed by atoms with Crippen molar-refractivity contribution in [2.24, 2.45) is 5.73 Å². The molecular weight excluding hydrogens is 460 g/mol. The molecule has 0 saturated heterocycles. The number of rotatable bonds is 9. The normalized spacial score (nSPS) is 11.9. The fraction of sp³-hybridized carbons (Fsp3) is 0.174. The molecule has 0 aliphatic heterocycles. The summed E-state index contributed by atoms with van der Waals surface area (Å²) in [6, 6.07) is 13.5. The number of amides is 1. The molecule has 2 aromatic carbocycles. The van der Waals surface area contributed by atoms with Crippen molar-refractivity contribution in [1.82, 2.24) is 20.2 Å². The van der Waals surface area contributed by atoms with E-state index in [4.69, 9.17) is 10.2 Å². The molecule has 0 unspecified atom stereocenters. The van der Waals surface area contributed by atoms with Crippen molar-refractivity contribution in [2.45, 2.75) is 19.4 Å². The number of carbonyl (C=O) groups is 1. The fourth-order valence-corrected chi connectivity index (χ4v) is 3.37. The topological polar surface area (TPSA) is 152 Å². The van der Waals surface area contributed by atoms with E-state index in [9.17, 15) is 18.7 Å². The summed E-state index contributed by atoms with van der Waals surface area (Å²) in [5, 5.41) is 23.1. The minimum absolute atomic E-state index is 0.154. The third kappa shape index (κ3) is 5.38. The molecular formula is C23H21F2N7O3. The van der Waals surface area contributed by atoms with Gasteiger partial charge < -0.3 is 25.9 Å². The lowest BCUT2D eigenvalue weighted by Gasteiger charge is -2.19. The number of aliphatic hydroxyl groups excluding tert-OH is 1. The smallest absolute Gasteiger partial charge is 0.314 e. The maximum Gasteiger partial charge on any atom is 0.314 e. The minimum Gasteiger partial charge on any atom is -0.415 e. The highest BCUT2D eigenvalue weighted by Gasteiger charge is 2.22. The number of aryl methyl sites for hydroxylation is 1. The molecule has 2 heterocycles. The van der Waals surface area contributed by atoms with Crippen molar-refractivity contribution in [3.8, 4) is 11.5 Å². The van der Waals surface area contributed by atoms with Gasteiger partial charge in [0.05, 0.1) is 18.2 Å². The van der Waals surface area contributed by atoms with Gasteiger partial charge in [0.2, 0.25) is 11.9 Å². The van der Waals surface area contributed by atoms with Crippen LogP contribution in [0.15, 0.2) is 59.1 Å². The van der Waals surface area contributed by atoms with E-state index >= 15 is 0 Å². The molecule has 2 aromatic heterocycles. The number of aromatic nitrogens is 4. The lowest BCUT2D eigenvalue weighted by atomic mass is 10.1. The van der Waals surface area contributed by atoms with Gasteiger partial charge in [0.15, 0.2) is 0 Å². The number of anilines is 3. The van der Waals surface area contributed by atoms with Crippen molar-refractivity contribution < 1.29 is 23.1 Å². The van der Waals surface area contributed by atoms with E-state index in [1.807, 2.05) is 30.3 Å². The summed E-state index contributed by atoms with van der Waals surface area (Å²) in [7, 11) is 0.